The molecule has 0 atom stereocenters. The minimum atomic E-state index is -0.308. The van der Waals surface area contributed by atoms with Crippen LogP contribution < -0.4 is 5.32 Å². The van der Waals surface area contributed by atoms with Crippen LogP contribution in [-0.2, 0) is 0 Å². The molecule has 1 radical (unpaired) electrons. The van der Waals surface area contributed by atoms with E-state index in [-0.39, 0.29) is 5.82 Å². The molecule has 0 aliphatic rings. The number of pyridine rings is 1. The minimum Gasteiger partial charge on any atom is -0.381 e. The summed E-state index contributed by atoms with van der Waals surface area (Å²) < 4.78 is 12.6. The number of anilines is 1. The van der Waals surface area contributed by atoms with Gasteiger partial charge in [0.15, 0.2) is 0 Å². The molecule has 1 N–H and O–H groups in total. The van der Waals surface area contributed by atoms with Crippen LogP contribution in [0.25, 0.3) is 0 Å². The van der Waals surface area contributed by atoms with Crippen molar-refractivity contribution >= 4 is 5.69 Å². The zero-order chi connectivity index (χ0) is 7.40. The highest BCUT2D eigenvalue weighted by Gasteiger charge is 1.97. The van der Waals surface area contributed by atoms with E-state index in [1.54, 1.807) is 0 Å². The first kappa shape index (κ1) is 6.99. The summed E-state index contributed by atoms with van der Waals surface area (Å²) in [6, 6.07) is 1.30. The first-order valence-electron chi connectivity index (χ1n) is 3.10. The van der Waals surface area contributed by atoms with Gasteiger partial charge in [-0.05, 0) is 13.0 Å². The molecule has 0 spiro atoms. The topological polar surface area (TPSA) is 24.9 Å². The van der Waals surface area contributed by atoms with E-state index in [0.29, 0.717) is 12.2 Å². The van der Waals surface area contributed by atoms with Crippen molar-refractivity contribution in [1.82, 2.24) is 4.98 Å². The highest BCUT2D eigenvalue weighted by molar-refractivity contribution is 5.40. The molecule has 2 nitrogen and oxygen atoms in total. The number of aromatic nitrogens is 1. The Morgan fingerprint density at radius 2 is 2.60 bits per heavy atom. The molecule has 3 heteroatoms. The van der Waals surface area contributed by atoms with Gasteiger partial charge >= 0.3 is 0 Å². The molecule has 0 saturated heterocycles. The Labute approximate surface area is 59.1 Å². The van der Waals surface area contributed by atoms with Gasteiger partial charge in [0.25, 0.3) is 0 Å². The molecular formula is C7H8FN2. The molecule has 1 rings (SSSR count). The summed E-state index contributed by atoms with van der Waals surface area (Å²) in [5.41, 5.74) is 0.338. The smallest absolute Gasteiger partial charge is 0.150 e. The largest absolute Gasteiger partial charge is 0.381 e. The summed E-state index contributed by atoms with van der Waals surface area (Å²) in [5, 5.41) is 2.78. The Bertz CT molecular complexity index is 213. The molecule has 0 fully saturated rings. The van der Waals surface area contributed by atoms with Crippen molar-refractivity contribution in [3.05, 3.63) is 24.3 Å². The van der Waals surface area contributed by atoms with Crippen molar-refractivity contribution in [3.8, 4) is 0 Å². The lowest BCUT2D eigenvalue weighted by Gasteiger charge is -2.00. The number of hydrogen-bond donors (Lipinski definition) is 1. The van der Waals surface area contributed by atoms with Crippen LogP contribution in [0.3, 0.4) is 0 Å². The SMILES string of the molecule is CCNc1[c]nccc1F. The third kappa shape index (κ3) is 1.43. The second-order valence-electron chi connectivity index (χ2n) is 1.81. The van der Waals surface area contributed by atoms with E-state index >= 15 is 0 Å². The summed E-state index contributed by atoms with van der Waals surface area (Å²) in [6.45, 7) is 2.57. The third-order valence-electron chi connectivity index (χ3n) is 1.06. The van der Waals surface area contributed by atoms with E-state index in [1.165, 1.54) is 12.3 Å². The van der Waals surface area contributed by atoms with Gasteiger partial charge in [0.2, 0.25) is 0 Å². The fourth-order valence-corrected chi connectivity index (χ4v) is 0.642. The van der Waals surface area contributed by atoms with E-state index in [9.17, 15) is 4.39 Å². The molecule has 1 heterocycles. The maximum absolute atomic E-state index is 12.6. The second kappa shape index (κ2) is 3.15. The lowest BCUT2D eigenvalue weighted by Crippen LogP contribution is -1.99. The van der Waals surface area contributed by atoms with Crippen molar-refractivity contribution in [2.24, 2.45) is 0 Å². The Morgan fingerprint density at radius 3 is 3.20 bits per heavy atom. The van der Waals surface area contributed by atoms with E-state index in [2.05, 4.69) is 16.5 Å². The summed E-state index contributed by atoms with van der Waals surface area (Å²) in [5.74, 6) is -0.308. The molecule has 0 aliphatic carbocycles. The summed E-state index contributed by atoms with van der Waals surface area (Å²) in [6.07, 6.45) is 3.87. The van der Waals surface area contributed by atoms with Crippen molar-refractivity contribution in [1.29, 1.82) is 0 Å². The molecular weight excluding hydrogens is 131 g/mol. The van der Waals surface area contributed by atoms with Gasteiger partial charge in [0, 0.05) is 12.7 Å². The van der Waals surface area contributed by atoms with Gasteiger partial charge in [-0.15, -0.1) is 0 Å². The Balaban J connectivity index is 2.81. The molecule has 0 saturated carbocycles. The number of hydrogen-bond acceptors (Lipinski definition) is 2. The van der Waals surface area contributed by atoms with Crippen LogP contribution in [0.2, 0.25) is 0 Å². The van der Waals surface area contributed by atoms with Crippen LogP contribution in [0.5, 0.6) is 0 Å². The van der Waals surface area contributed by atoms with Crippen LogP contribution in [0.15, 0.2) is 12.3 Å². The van der Waals surface area contributed by atoms with Gasteiger partial charge in [-0.1, -0.05) is 0 Å². The lowest BCUT2D eigenvalue weighted by atomic mass is 10.4. The third-order valence-corrected chi connectivity index (χ3v) is 1.06. The standard InChI is InChI=1S/C7H8FN2/c1-2-10-7-5-9-4-3-6(7)8/h3-4,10H,2H2,1H3. The zero-order valence-corrected chi connectivity index (χ0v) is 5.69. The van der Waals surface area contributed by atoms with Crippen molar-refractivity contribution in [2.45, 2.75) is 6.92 Å². The predicted octanol–water partition coefficient (Wildman–Crippen LogP) is 1.45. The highest BCUT2D eigenvalue weighted by atomic mass is 19.1. The van der Waals surface area contributed by atoms with Gasteiger partial charge in [-0.25, -0.2) is 4.39 Å². The molecule has 0 bridgehead atoms. The number of rotatable bonds is 2. The van der Waals surface area contributed by atoms with Gasteiger partial charge in [-0.2, -0.15) is 0 Å². The van der Waals surface area contributed by atoms with E-state index in [4.69, 9.17) is 0 Å². The molecule has 1 aromatic rings. The Kier molecular flexibility index (Phi) is 2.20. The molecule has 0 aliphatic heterocycles. The van der Waals surface area contributed by atoms with Gasteiger partial charge in [0.05, 0.1) is 5.69 Å². The normalized spacial score (nSPS) is 9.40. The van der Waals surface area contributed by atoms with Crippen LogP contribution in [-0.4, -0.2) is 11.5 Å². The maximum Gasteiger partial charge on any atom is 0.150 e. The zero-order valence-electron chi connectivity index (χ0n) is 5.69. The fourth-order valence-electron chi connectivity index (χ4n) is 0.642. The first-order valence-corrected chi connectivity index (χ1v) is 3.10. The van der Waals surface area contributed by atoms with E-state index < -0.39 is 0 Å². The first-order chi connectivity index (χ1) is 4.84. The average molecular weight is 139 g/mol. The fraction of sp³-hybridized carbons (Fsp3) is 0.286. The lowest BCUT2D eigenvalue weighted by molar-refractivity contribution is 0.628. The van der Waals surface area contributed by atoms with E-state index in [0.717, 1.165) is 0 Å². The van der Waals surface area contributed by atoms with E-state index in [1.807, 2.05) is 6.92 Å². The molecule has 53 valence electrons. The van der Waals surface area contributed by atoms with Crippen molar-refractivity contribution < 1.29 is 4.39 Å². The number of halogens is 1. The molecule has 0 aromatic carbocycles. The van der Waals surface area contributed by atoms with Gasteiger partial charge in [-0.3, -0.25) is 4.98 Å². The monoisotopic (exact) mass is 139 g/mol. The number of nitrogens with one attached hydrogen (secondary N) is 1. The van der Waals surface area contributed by atoms with Gasteiger partial charge < -0.3 is 5.32 Å². The Hall–Kier alpha value is -1.12. The second-order valence-corrected chi connectivity index (χ2v) is 1.81. The van der Waals surface area contributed by atoms with Crippen LogP contribution >= 0.6 is 0 Å². The summed E-state index contributed by atoms with van der Waals surface area (Å²) in [7, 11) is 0. The van der Waals surface area contributed by atoms with Crippen LogP contribution in [0.4, 0.5) is 10.1 Å². The molecule has 0 unspecified atom stereocenters. The van der Waals surface area contributed by atoms with Gasteiger partial charge in [0.1, 0.15) is 12.0 Å². The average Bonchev–Trinajstić information content (AvgIpc) is 1.94. The summed E-state index contributed by atoms with van der Waals surface area (Å²) >= 11 is 0. The number of nitrogens with zero attached hydrogens (tertiary/aromatic N) is 1. The quantitative estimate of drug-likeness (QED) is 0.670. The highest BCUT2D eigenvalue weighted by Crippen LogP contribution is 2.08. The minimum absolute atomic E-state index is 0.308. The molecule has 10 heavy (non-hydrogen) atoms. The predicted molar refractivity (Wildman–Crippen MR) is 37.2 cm³/mol. The van der Waals surface area contributed by atoms with Crippen LogP contribution in [0.1, 0.15) is 6.92 Å². The van der Waals surface area contributed by atoms with Crippen LogP contribution in [0, 0.1) is 12.0 Å². The maximum atomic E-state index is 12.6. The molecule has 0 amide bonds. The Morgan fingerprint density at radius 1 is 1.80 bits per heavy atom. The molecule has 1 aromatic heterocycles. The van der Waals surface area contributed by atoms with Crippen molar-refractivity contribution in [2.75, 3.05) is 11.9 Å². The van der Waals surface area contributed by atoms with Crippen molar-refractivity contribution in [3.63, 3.8) is 0 Å². The summed E-state index contributed by atoms with van der Waals surface area (Å²) in [4.78, 5) is 3.64.